The van der Waals surface area contributed by atoms with Gasteiger partial charge in [0.15, 0.2) is 6.29 Å². The molecule has 0 radical (unpaired) electrons. The average Bonchev–Trinajstić information content (AvgIpc) is 3.17. The second-order valence-corrected chi connectivity index (χ2v) is 12.4. The molecule has 1 fully saturated rings. The third-order valence-corrected chi connectivity index (χ3v) is 9.64. The first-order valence-electron chi connectivity index (χ1n) is 16.7. The molecule has 2 atom stereocenters. The number of fused-ring (bicyclic) bond motifs is 3. The van der Waals surface area contributed by atoms with Crippen molar-refractivity contribution in [1.82, 2.24) is 35.5 Å². The monoisotopic (exact) mass is 629 g/mol. The molecule has 48 heavy (non-hydrogen) atoms. The zero-order chi connectivity index (χ0) is 31.9. The average molecular weight is 630 g/mol. The summed E-state index contributed by atoms with van der Waals surface area (Å²) < 4.78 is 0. The van der Waals surface area contributed by atoms with E-state index in [1.807, 2.05) is 18.5 Å². The van der Waals surface area contributed by atoms with Crippen LogP contribution < -0.4 is 15.5 Å². The molecule has 3 aromatic carbocycles. The van der Waals surface area contributed by atoms with Gasteiger partial charge in [-0.1, -0.05) is 66.7 Å². The fourth-order valence-corrected chi connectivity index (χ4v) is 7.39. The summed E-state index contributed by atoms with van der Waals surface area (Å²) in [5.74, 6) is 0.825. The topological polar surface area (TPSA) is 94.5 Å². The summed E-state index contributed by atoms with van der Waals surface area (Å²) in [5, 5.41) is 10.7. The molecule has 2 unspecified atom stereocenters. The molecule has 2 N–H and O–H groups in total. The van der Waals surface area contributed by atoms with Crippen LogP contribution in [0.3, 0.4) is 0 Å². The highest BCUT2D eigenvalue weighted by atomic mass is 15.5. The number of benzene rings is 3. The molecule has 1 saturated heterocycles. The van der Waals surface area contributed by atoms with Gasteiger partial charge in [0.1, 0.15) is 11.5 Å². The van der Waals surface area contributed by atoms with Crippen LogP contribution in [0.2, 0.25) is 0 Å². The van der Waals surface area contributed by atoms with Crippen molar-refractivity contribution in [3.8, 4) is 0 Å². The van der Waals surface area contributed by atoms with Crippen LogP contribution in [0, 0.1) is 0 Å². The molecule has 0 saturated carbocycles. The fraction of sp³-hybridized carbons (Fsp3) is 0.205. The summed E-state index contributed by atoms with van der Waals surface area (Å²) in [4.78, 5) is 30.4. The quantitative estimate of drug-likeness (QED) is 0.263. The molecule has 236 valence electrons. The van der Waals surface area contributed by atoms with Crippen molar-refractivity contribution in [2.75, 3.05) is 37.6 Å². The summed E-state index contributed by atoms with van der Waals surface area (Å²) in [6, 6.07) is 31.7. The minimum absolute atomic E-state index is 0.168. The Morgan fingerprint density at radius 2 is 1.56 bits per heavy atom. The minimum atomic E-state index is -0.392. The zero-order valence-corrected chi connectivity index (χ0v) is 26.5. The third-order valence-electron chi connectivity index (χ3n) is 9.64. The van der Waals surface area contributed by atoms with E-state index in [0.717, 1.165) is 95.0 Å². The SMILES string of the molecule is c1ccc2c(c1)CCNC2C1=C(c2nccc3ccccc23)N(c2ccc3ccccc3n2)C(N2CCNCC2)N=C1c1cnccn1. The Morgan fingerprint density at radius 3 is 2.46 bits per heavy atom. The zero-order valence-electron chi connectivity index (χ0n) is 26.5. The highest BCUT2D eigenvalue weighted by Gasteiger charge is 2.42. The lowest BCUT2D eigenvalue weighted by molar-refractivity contribution is 0.180. The van der Waals surface area contributed by atoms with E-state index in [-0.39, 0.29) is 6.04 Å². The predicted molar refractivity (Wildman–Crippen MR) is 191 cm³/mol. The van der Waals surface area contributed by atoms with Crippen molar-refractivity contribution in [3.05, 3.63) is 144 Å². The first kappa shape index (κ1) is 28.8. The number of nitrogens with zero attached hydrogens (tertiary/aromatic N) is 7. The number of anilines is 1. The van der Waals surface area contributed by atoms with Gasteiger partial charge in [0.2, 0.25) is 0 Å². The highest BCUT2D eigenvalue weighted by molar-refractivity contribution is 6.19. The van der Waals surface area contributed by atoms with Crippen LogP contribution in [-0.4, -0.2) is 69.6 Å². The summed E-state index contributed by atoms with van der Waals surface area (Å²) in [6.07, 6.45) is 7.79. The van der Waals surface area contributed by atoms with E-state index in [9.17, 15) is 0 Å². The second-order valence-electron chi connectivity index (χ2n) is 12.4. The maximum Gasteiger partial charge on any atom is 0.185 e. The van der Waals surface area contributed by atoms with Crippen LogP contribution in [0.15, 0.2) is 126 Å². The minimum Gasteiger partial charge on any atom is -0.314 e. The number of rotatable bonds is 5. The van der Waals surface area contributed by atoms with Crippen LogP contribution in [-0.2, 0) is 6.42 Å². The molecular weight excluding hydrogens is 594 g/mol. The second kappa shape index (κ2) is 12.4. The van der Waals surface area contributed by atoms with Crippen molar-refractivity contribution >= 4 is 38.9 Å². The van der Waals surface area contributed by atoms with E-state index in [1.54, 1.807) is 12.4 Å². The van der Waals surface area contributed by atoms with Gasteiger partial charge >= 0.3 is 0 Å². The number of aliphatic imine (C=N–C) groups is 1. The number of pyridine rings is 2. The summed E-state index contributed by atoms with van der Waals surface area (Å²) >= 11 is 0. The van der Waals surface area contributed by atoms with E-state index < -0.39 is 6.29 Å². The van der Waals surface area contributed by atoms with Crippen LogP contribution in [0.5, 0.6) is 0 Å². The summed E-state index contributed by atoms with van der Waals surface area (Å²) in [6.45, 7) is 4.26. The number of aromatic nitrogens is 4. The van der Waals surface area contributed by atoms with E-state index in [2.05, 4.69) is 110 Å². The summed E-state index contributed by atoms with van der Waals surface area (Å²) in [7, 11) is 0. The van der Waals surface area contributed by atoms with Crippen LogP contribution in [0.25, 0.3) is 27.4 Å². The van der Waals surface area contributed by atoms with Crippen LogP contribution in [0.4, 0.5) is 5.82 Å². The lowest BCUT2D eigenvalue weighted by Crippen LogP contribution is -2.56. The molecule has 0 aliphatic carbocycles. The van der Waals surface area contributed by atoms with E-state index >= 15 is 0 Å². The van der Waals surface area contributed by atoms with Gasteiger partial charge in [-0.05, 0) is 47.2 Å². The van der Waals surface area contributed by atoms with Crippen LogP contribution >= 0.6 is 0 Å². The molecule has 0 amide bonds. The molecule has 0 spiro atoms. The Morgan fingerprint density at radius 1 is 0.729 bits per heavy atom. The maximum absolute atomic E-state index is 5.67. The Bertz CT molecular complexity index is 2180. The van der Waals surface area contributed by atoms with Crippen molar-refractivity contribution in [2.24, 2.45) is 4.99 Å². The van der Waals surface area contributed by atoms with Gasteiger partial charge in [0.25, 0.3) is 0 Å². The van der Waals surface area contributed by atoms with E-state index in [4.69, 9.17) is 19.9 Å². The number of hydrogen-bond acceptors (Lipinski definition) is 9. The van der Waals surface area contributed by atoms with Crippen molar-refractivity contribution in [2.45, 2.75) is 18.8 Å². The van der Waals surface area contributed by atoms with Gasteiger partial charge in [-0.15, -0.1) is 0 Å². The first-order valence-corrected chi connectivity index (χ1v) is 16.7. The van der Waals surface area contributed by atoms with Gasteiger partial charge in [-0.25, -0.2) is 9.98 Å². The van der Waals surface area contributed by atoms with Gasteiger partial charge in [-0.2, -0.15) is 0 Å². The van der Waals surface area contributed by atoms with Crippen molar-refractivity contribution in [3.63, 3.8) is 0 Å². The Kier molecular flexibility index (Phi) is 7.42. The molecular formula is C39H35N9. The van der Waals surface area contributed by atoms with Gasteiger partial charge < -0.3 is 10.6 Å². The predicted octanol–water partition coefficient (Wildman–Crippen LogP) is 5.37. The molecule has 9 nitrogen and oxygen atoms in total. The largest absolute Gasteiger partial charge is 0.314 e. The van der Waals surface area contributed by atoms with E-state index in [0.29, 0.717) is 0 Å². The molecule has 0 bridgehead atoms. The fourth-order valence-electron chi connectivity index (χ4n) is 7.39. The number of nitrogens with one attached hydrogen (secondary N) is 2. The molecule has 6 heterocycles. The Balaban J connectivity index is 1.41. The molecule has 3 aliphatic heterocycles. The Hall–Kier alpha value is -5.35. The summed E-state index contributed by atoms with van der Waals surface area (Å²) in [5.41, 5.74) is 7.95. The molecule has 9 rings (SSSR count). The molecule has 3 aliphatic rings. The maximum atomic E-state index is 5.67. The molecule has 3 aromatic heterocycles. The lowest BCUT2D eigenvalue weighted by Gasteiger charge is -2.45. The first-order chi connectivity index (χ1) is 23.8. The van der Waals surface area contributed by atoms with Crippen molar-refractivity contribution in [1.29, 1.82) is 0 Å². The van der Waals surface area contributed by atoms with E-state index in [1.165, 1.54) is 11.1 Å². The Labute approximate surface area is 279 Å². The lowest BCUT2D eigenvalue weighted by atomic mass is 9.84. The van der Waals surface area contributed by atoms with Crippen LogP contribution in [0.1, 0.15) is 28.6 Å². The smallest absolute Gasteiger partial charge is 0.185 e. The molecule has 9 heteroatoms. The van der Waals surface area contributed by atoms with Gasteiger partial charge in [0.05, 0.1) is 34.9 Å². The van der Waals surface area contributed by atoms with Gasteiger partial charge in [0, 0.05) is 67.7 Å². The third kappa shape index (κ3) is 5.04. The molecule has 6 aromatic rings. The standard InChI is InChI=1S/C39H35N9/c1-4-10-29-26(7-1)15-17-43-35(29)34-37(32-25-41-19-20-42-32)46-39(47-23-21-40-22-24-47)48(33-14-13-28-9-3-6-12-31(28)45-33)38(34)36-30-11-5-2-8-27(30)16-18-44-36/h1-14,16,18-20,25,35,39-40,43H,15,17,21-24H2. The number of para-hydroxylation sites is 1. The normalized spacial score (nSPS) is 20.2. The highest BCUT2D eigenvalue weighted by Crippen LogP contribution is 2.44. The number of hydrogen-bond donors (Lipinski definition) is 2. The van der Waals surface area contributed by atoms with Crippen molar-refractivity contribution < 1.29 is 0 Å². The number of piperazine rings is 1. The van der Waals surface area contributed by atoms with Gasteiger partial charge in [-0.3, -0.25) is 24.8 Å².